The van der Waals surface area contributed by atoms with Crippen molar-refractivity contribution in [3.05, 3.63) is 10.1 Å². The van der Waals surface area contributed by atoms with Crippen LogP contribution >= 0.6 is 0 Å². The molecule has 0 aliphatic carbocycles. The van der Waals surface area contributed by atoms with Crippen LogP contribution in [0.2, 0.25) is 0 Å². The molecule has 0 heterocycles. The third kappa shape index (κ3) is 8.77. The number of rotatable bonds is 9. The lowest BCUT2D eigenvalue weighted by Crippen LogP contribution is -2.32. The van der Waals surface area contributed by atoms with Crippen molar-refractivity contribution >= 4 is 11.9 Å². The van der Waals surface area contributed by atoms with Crippen LogP contribution in [0.25, 0.3) is 0 Å². The van der Waals surface area contributed by atoms with Crippen molar-refractivity contribution < 1.29 is 29.4 Å². The second-order valence-corrected chi connectivity index (χ2v) is 4.81. The van der Waals surface area contributed by atoms with Gasteiger partial charge >= 0.3 is 11.9 Å². The van der Waals surface area contributed by atoms with Crippen LogP contribution in [0.15, 0.2) is 0 Å². The molecule has 0 aliphatic heterocycles. The summed E-state index contributed by atoms with van der Waals surface area (Å²) in [5, 5.41) is 17.6. The molecule has 1 unspecified atom stereocenters. The van der Waals surface area contributed by atoms with Crippen molar-refractivity contribution in [3.63, 3.8) is 0 Å². The molecule has 0 aromatic carbocycles. The summed E-state index contributed by atoms with van der Waals surface area (Å²) in [5.41, 5.74) is 4.51. The highest BCUT2D eigenvalue weighted by Gasteiger charge is 2.23. The Morgan fingerprint density at radius 2 is 2.00 bits per heavy atom. The molecule has 110 valence electrons. The van der Waals surface area contributed by atoms with Crippen molar-refractivity contribution in [3.8, 4) is 0 Å². The first-order valence-corrected chi connectivity index (χ1v) is 5.55. The number of carbonyl (C=O) groups excluding carboxylic acids is 1. The van der Waals surface area contributed by atoms with E-state index in [-0.39, 0.29) is 26.1 Å². The maximum Gasteiger partial charge on any atom is 0.320 e. The van der Waals surface area contributed by atoms with Gasteiger partial charge in [0.25, 0.3) is 5.09 Å². The van der Waals surface area contributed by atoms with E-state index in [1.165, 1.54) is 0 Å². The zero-order valence-electron chi connectivity index (χ0n) is 10.8. The van der Waals surface area contributed by atoms with Gasteiger partial charge in [-0.25, -0.2) is 0 Å². The van der Waals surface area contributed by atoms with Crippen molar-refractivity contribution in [2.45, 2.75) is 32.7 Å². The highest BCUT2D eigenvalue weighted by molar-refractivity contribution is 5.75. The Labute approximate surface area is 109 Å². The quantitative estimate of drug-likeness (QED) is 0.339. The summed E-state index contributed by atoms with van der Waals surface area (Å²) in [6.07, 6.45) is -0.153. The fourth-order valence-electron chi connectivity index (χ4n) is 1.01. The summed E-state index contributed by atoms with van der Waals surface area (Å²) in [5.74, 6) is -1.79. The average Bonchev–Trinajstić information content (AvgIpc) is 2.31. The fourth-order valence-corrected chi connectivity index (χ4v) is 1.01. The minimum absolute atomic E-state index is 0.0278. The zero-order chi connectivity index (χ0) is 15.1. The van der Waals surface area contributed by atoms with Crippen molar-refractivity contribution in [2.75, 3.05) is 13.2 Å². The van der Waals surface area contributed by atoms with E-state index in [9.17, 15) is 19.7 Å². The minimum atomic E-state index is -1.19. The van der Waals surface area contributed by atoms with Crippen LogP contribution in [0, 0.1) is 15.5 Å². The molecule has 9 heteroatoms. The molecule has 0 aromatic heterocycles. The van der Waals surface area contributed by atoms with E-state index in [0.29, 0.717) is 0 Å². The molecule has 3 N–H and O–H groups in total. The number of nitrogens with two attached hydrogens (primary N) is 1. The molecule has 0 saturated carbocycles. The van der Waals surface area contributed by atoms with Crippen LogP contribution in [0.4, 0.5) is 0 Å². The van der Waals surface area contributed by atoms with E-state index in [2.05, 4.69) is 4.84 Å². The lowest BCUT2D eigenvalue weighted by atomic mass is 9.96. The first-order chi connectivity index (χ1) is 8.64. The summed E-state index contributed by atoms with van der Waals surface area (Å²) in [6.45, 7) is 2.99. The van der Waals surface area contributed by atoms with Crippen LogP contribution in [0.1, 0.15) is 26.7 Å². The summed E-state index contributed by atoms with van der Waals surface area (Å²) >= 11 is 0. The molecule has 0 saturated heterocycles. The van der Waals surface area contributed by atoms with Gasteiger partial charge in [-0.2, -0.15) is 0 Å². The number of nitrogens with zero attached hydrogens (tertiary/aromatic N) is 1. The fraction of sp³-hybridized carbons (Fsp3) is 0.800. The maximum atomic E-state index is 11.3. The molecular formula is C10H18N2O7. The third-order valence-corrected chi connectivity index (χ3v) is 2.16. The second-order valence-electron chi connectivity index (χ2n) is 4.81. The van der Waals surface area contributed by atoms with Gasteiger partial charge in [0, 0.05) is 11.8 Å². The molecule has 0 aliphatic rings. The van der Waals surface area contributed by atoms with Gasteiger partial charge in [-0.15, -0.1) is 10.1 Å². The monoisotopic (exact) mass is 278 g/mol. The second kappa shape index (κ2) is 7.52. The van der Waals surface area contributed by atoms with E-state index in [4.69, 9.17) is 15.6 Å². The van der Waals surface area contributed by atoms with E-state index in [1.54, 1.807) is 13.8 Å². The predicted octanol–water partition coefficient (Wildman–Crippen LogP) is -0.0438. The average molecular weight is 278 g/mol. The predicted molar refractivity (Wildman–Crippen MR) is 62.5 cm³/mol. The van der Waals surface area contributed by atoms with Crippen LogP contribution in [0.5, 0.6) is 0 Å². The van der Waals surface area contributed by atoms with Gasteiger partial charge < -0.3 is 20.4 Å². The maximum absolute atomic E-state index is 11.3. The Balaban J connectivity index is 3.94. The van der Waals surface area contributed by atoms with Crippen LogP contribution in [0.3, 0.4) is 0 Å². The van der Waals surface area contributed by atoms with Gasteiger partial charge in [0.1, 0.15) is 12.6 Å². The van der Waals surface area contributed by atoms with Crippen LogP contribution in [-0.2, 0) is 19.2 Å². The van der Waals surface area contributed by atoms with E-state index >= 15 is 0 Å². The summed E-state index contributed by atoms with van der Waals surface area (Å²) in [4.78, 5) is 36.0. The Bertz CT molecular complexity index is 343. The Morgan fingerprint density at radius 3 is 2.47 bits per heavy atom. The molecule has 0 radical (unpaired) electrons. The van der Waals surface area contributed by atoms with Gasteiger partial charge in [-0.1, -0.05) is 13.8 Å². The summed E-state index contributed by atoms with van der Waals surface area (Å²) in [7, 11) is 0. The van der Waals surface area contributed by atoms with Gasteiger partial charge in [0.2, 0.25) is 0 Å². The summed E-state index contributed by atoms with van der Waals surface area (Å²) < 4.78 is 4.88. The highest BCUT2D eigenvalue weighted by atomic mass is 16.9. The van der Waals surface area contributed by atoms with E-state index in [0.717, 1.165) is 0 Å². The number of hydrogen-bond donors (Lipinski definition) is 2. The zero-order valence-corrected chi connectivity index (χ0v) is 10.8. The number of carbonyl (C=O) groups is 2. The smallest absolute Gasteiger partial charge is 0.320 e. The van der Waals surface area contributed by atoms with Gasteiger partial charge in [-0.3, -0.25) is 9.59 Å². The minimum Gasteiger partial charge on any atom is -0.480 e. The Morgan fingerprint density at radius 1 is 1.42 bits per heavy atom. The molecule has 0 rings (SSSR count). The van der Waals surface area contributed by atoms with E-state index < -0.39 is 28.5 Å². The number of carboxylic acids is 1. The van der Waals surface area contributed by atoms with Gasteiger partial charge in [0.05, 0.1) is 6.61 Å². The largest absolute Gasteiger partial charge is 0.480 e. The van der Waals surface area contributed by atoms with Gasteiger partial charge in [-0.05, 0) is 6.42 Å². The standard InChI is InChI=1S/C10H18N2O7/c1-10(2,6-19-12(16)17)5-18-8(13)4-3-7(11)9(14)15/h7H,3-6,11H2,1-2H3,(H,14,15). The number of carboxylic acid groups (broad SMARTS) is 1. The normalized spacial score (nSPS) is 12.6. The SMILES string of the molecule is CC(C)(COC(=O)CCC(N)C(=O)O)CO[N+](=O)[O-]. The first-order valence-electron chi connectivity index (χ1n) is 5.55. The van der Waals surface area contributed by atoms with E-state index in [1.807, 2.05) is 0 Å². The number of aliphatic carboxylic acids is 1. The molecular weight excluding hydrogens is 260 g/mol. The lowest BCUT2D eigenvalue weighted by molar-refractivity contribution is -0.760. The van der Waals surface area contributed by atoms with Crippen LogP contribution in [-0.4, -0.2) is 41.4 Å². The Kier molecular flexibility index (Phi) is 6.76. The molecule has 0 fully saturated rings. The van der Waals surface area contributed by atoms with Crippen LogP contribution < -0.4 is 5.73 Å². The van der Waals surface area contributed by atoms with Crippen molar-refractivity contribution in [1.82, 2.24) is 0 Å². The molecule has 0 aromatic rings. The van der Waals surface area contributed by atoms with Crippen molar-refractivity contribution in [1.29, 1.82) is 0 Å². The molecule has 19 heavy (non-hydrogen) atoms. The number of hydrogen-bond acceptors (Lipinski definition) is 7. The molecule has 0 amide bonds. The Hall–Kier alpha value is -1.90. The molecule has 0 bridgehead atoms. The van der Waals surface area contributed by atoms with Gasteiger partial charge in [0.15, 0.2) is 0 Å². The molecule has 0 spiro atoms. The number of ether oxygens (including phenoxy) is 1. The first kappa shape index (κ1) is 17.1. The molecule has 9 nitrogen and oxygen atoms in total. The molecule has 1 atom stereocenters. The number of esters is 1. The third-order valence-electron chi connectivity index (χ3n) is 2.16. The topological polar surface area (TPSA) is 142 Å². The summed E-state index contributed by atoms with van der Waals surface area (Å²) in [6, 6.07) is -1.11. The van der Waals surface area contributed by atoms with Crippen molar-refractivity contribution in [2.24, 2.45) is 11.1 Å². The lowest BCUT2D eigenvalue weighted by Gasteiger charge is -2.22. The highest BCUT2D eigenvalue weighted by Crippen LogP contribution is 2.16.